The monoisotopic (exact) mass is 409 g/mol. The second-order valence-corrected chi connectivity index (χ2v) is 8.83. The first-order chi connectivity index (χ1) is 13.9. The van der Waals surface area contributed by atoms with Gasteiger partial charge in [0.1, 0.15) is 29.0 Å². The van der Waals surface area contributed by atoms with Gasteiger partial charge in [-0.05, 0) is 37.5 Å². The predicted molar refractivity (Wildman–Crippen MR) is 114 cm³/mol. The first kappa shape index (κ1) is 19.5. The van der Waals surface area contributed by atoms with E-state index in [0.717, 1.165) is 35.5 Å². The average molecular weight is 410 g/mol. The molecule has 2 heterocycles. The van der Waals surface area contributed by atoms with Crippen molar-refractivity contribution >= 4 is 34.1 Å². The van der Waals surface area contributed by atoms with E-state index < -0.39 is 11.2 Å². The molecule has 1 fully saturated rings. The van der Waals surface area contributed by atoms with Crippen LogP contribution in [0.15, 0.2) is 30.5 Å². The lowest BCUT2D eigenvalue weighted by Gasteiger charge is -2.16. The predicted octanol–water partition coefficient (Wildman–Crippen LogP) is 2.82. The fourth-order valence-electron chi connectivity index (χ4n) is 3.26. The summed E-state index contributed by atoms with van der Waals surface area (Å²) in [6, 6.07) is 10.2. The van der Waals surface area contributed by atoms with E-state index in [4.69, 9.17) is 5.73 Å². The molecule has 8 nitrogen and oxygen atoms in total. The third kappa shape index (κ3) is 4.29. The maximum absolute atomic E-state index is 11.8. The van der Waals surface area contributed by atoms with Crippen molar-refractivity contribution in [3.8, 4) is 6.07 Å². The second-order valence-electron chi connectivity index (χ2n) is 7.40. The van der Waals surface area contributed by atoms with Crippen LogP contribution in [0.25, 0.3) is 5.65 Å². The molecule has 1 saturated carbocycles. The van der Waals surface area contributed by atoms with Crippen LogP contribution in [0.5, 0.6) is 0 Å². The van der Waals surface area contributed by atoms with Gasteiger partial charge < -0.3 is 20.9 Å². The van der Waals surface area contributed by atoms with E-state index in [0.29, 0.717) is 28.8 Å². The summed E-state index contributed by atoms with van der Waals surface area (Å²) in [7, 11) is 0. The summed E-state index contributed by atoms with van der Waals surface area (Å²) < 4.78 is 13.4. The summed E-state index contributed by atoms with van der Waals surface area (Å²) in [6.07, 6.45) is 5.44. The molecular weight excluding hydrogens is 386 g/mol. The number of nitrogens with zero attached hydrogens (tertiary/aromatic N) is 4. The highest BCUT2D eigenvalue weighted by Gasteiger charge is 2.23. The minimum absolute atomic E-state index is 0.142. The molecule has 0 amide bonds. The van der Waals surface area contributed by atoms with E-state index in [2.05, 4.69) is 26.8 Å². The van der Waals surface area contributed by atoms with Crippen molar-refractivity contribution in [2.45, 2.75) is 37.6 Å². The Hall–Kier alpha value is -2.80. The Labute approximate surface area is 172 Å². The highest BCUT2D eigenvalue weighted by molar-refractivity contribution is 7.89. The molecule has 4 rings (SSSR count). The zero-order valence-electron chi connectivity index (χ0n) is 16.3. The number of fused-ring (bicyclic) bond motifs is 1. The Morgan fingerprint density at radius 3 is 2.86 bits per heavy atom. The number of nitriles is 1. The maximum atomic E-state index is 11.8. The molecule has 3 aromatic rings. The Bertz CT molecular complexity index is 1080. The van der Waals surface area contributed by atoms with Crippen LogP contribution in [0, 0.1) is 11.3 Å². The lowest BCUT2D eigenvalue weighted by molar-refractivity contribution is 0.599. The Balaban J connectivity index is 1.70. The number of benzene rings is 1. The zero-order valence-corrected chi connectivity index (χ0v) is 17.2. The summed E-state index contributed by atoms with van der Waals surface area (Å²) in [5.74, 6) is 1.84. The normalized spacial score (nSPS) is 15.7. The minimum atomic E-state index is -0.976. The quantitative estimate of drug-likeness (QED) is 0.512. The minimum Gasteiger partial charge on any atom is -0.616 e. The zero-order chi connectivity index (χ0) is 20.5. The van der Waals surface area contributed by atoms with Crippen molar-refractivity contribution in [2.24, 2.45) is 5.73 Å². The van der Waals surface area contributed by atoms with Crippen molar-refractivity contribution < 1.29 is 4.55 Å². The van der Waals surface area contributed by atoms with Crippen LogP contribution >= 0.6 is 0 Å². The van der Waals surface area contributed by atoms with E-state index in [9.17, 15) is 9.81 Å². The van der Waals surface area contributed by atoms with Gasteiger partial charge in [0.05, 0.1) is 12.5 Å². The molecule has 2 aromatic heterocycles. The Morgan fingerprint density at radius 2 is 2.21 bits per heavy atom. The van der Waals surface area contributed by atoms with E-state index in [1.807, 2.05) is 31.2 Å². The largest absolute Gasteiger partial charge is 0.616 e. The van der Waals surface area contributed by atoms with E-state index >= 15 is 0 Å². The summed E-state index contributed by atoms with van der Waals surface area (Å²) in [4.78, 5) is 4.58. The van der Waals surface area contributed by atoms with Crippen LogP contribution in [-0.2, 0) is 16.9 Å². The molecule has 2 atom stereocenters. The molecule has 0 saturated heterocycles. The van der Waals surface area contributed by atoms with Gasteiger partial charge in [-0.15, -0.1) is 0 Å². The molecule has 0 radical (unpaired) electrons. The van der Waals surface area contributed by atoms with Crippen LogP contribution in [0.3, 0.4) is 0 Å². The molecular formula is C20H23N7OS. The van der Waals surface area contributed by atoms with Crippen molar-refractivity contribution in [1.82, 2.24) is 14.6 Å². The van der Waals surface area contributed by atoms with Gasteiger partial charge in [-0.3, -0.25) is 0 Å². The smallest absolute Gasteiger partial charge is 0.177 e. The van der Waals surface area contributed by atoms with Crippen molar-refractivity contribution in [3.63, 3.8) is 0 Å². The van der Waals surface area contributed by atoms with Crippen molar-refractivity contribution in [2.75, 3.05) is 16.9 Å². The molecule has 1 aliphatic rings. The molecule has 29 heavy (non-hydrogen) atoms. The lowest BCUT2D eigenvalue weighted by Crippen LogP contribution is -2.12. The van der Waals surface area contributed by atoms with Crippen molar-refractivity contribution in [1.29, 1.82) is 5.26 Å². The molecule has 1 aliphatic carbocycles. The van der Waals surface area contributed by atoms with Crippen LogP contribution in [0.1, 0.15) is 42.5 Å². The first-order valence-corrected chi connectivity index (χ1v) is 11.2. The van der Waals surface area contributed by atoms with Crippen LogP contribution in [-0.4, -0.2) is 31.4 Å². The van der Waals surface area contributed by atoms with Crippen molar-refractivity contribution in [3.05, 3.63) is 47.2 Å². The van der Waals surface area contributed by atoms with Gasteiger partial charge in [-0.1, -0.05) is 17.2 Å². The first-order valence-electron chi connectivity index (χ1n) is 9.45. The number of hydrogen-bond acceptors (Lipinski definition) is 7. The molecule has 1 aromatic carbocycles. The molecule has 0 aliphatic heterocycles. The average Bonchev–Trinajstić information content (AvgIpc) is 3.37. The van der Waals surface area contributed by atoms with Crippen LogP contribution < -0.4 is 16.4 Å². The van der Waals surface area contributed by atoms with Gasteiger partial charge in [0.2, 0.25) is 0 Å². The molecule has 0 bridgehead atoms. The molecule has 0 spiro atoms. The van der Waals surface area contributed by atoms with Gasteiger partial charge in [0.15, 0.2) is 5.65 Å². The van der Waals surface area contributed by atoms with E-state index in [1.165, 1.54) is 6.20 Å². The summed E-state index contributed by atoms with van der Waals surface area (Å²) >= 11 is -0.976. The number of anilines is 3. The van der Waals surface area contributed by atoms with E-state index in [-0.39, 0.29) is 6.04 Å². The SMILES string of the molecule is CC(N)c1ccc(Nc2cc(NC3CC3)n3ncc(C#N)c3n2)cc1C[S+](C)[O-]. The summed E-state index contributed by atoms with van der Waals surface area (Å²) in [6.45, 7) is 1.92. The van der Waals surface area contributed by atoms with E-state index in [1.54, 1.807) is 10.8 Å². The number of nitrogens with one attached hydrogen (secondary N) is 2. The van der Waals surface area contributed by atoms with Gasteiger partial charge in [0, 0.05) is 29.4 Å². The van der Waals surface area contributed by atoms with Gasteiger partial charge in [-0.2, -0.15) is 14.9 Å². The van der Waals surface area contributed by atoms with Crippen LogP contribution in [0.4, 0.5) is 17.3 Å². The fraction of sp³-hybridized carbons (Fsp3) is 0.350. The number of nitrogens with two attached hydrogens (primary N) is 1. The fourth-order valence-corrected chi connectivity index (χ4v) is 3.95. The topological polar surface area (TPSA) is 127 Å². The van der Waals surface area contributed by atoms with Gasteiger partial charge in [0.25, 0.3) is 0 Å². The molecule has 9 heteroatoms. The standard InChI is InChI=1S/C20H23N7OS/c1-12(22)17-6-5-16(7-13(17)11-29(2)28)24-18-8-19(25-15-3-4-15)27-20(26-18)14(9-21)10-23-27/h5-8,10,12,15,25H,3-4,11,22H2,1-2H3,(H,24,26). The van der Waals surface area contributed by atoms with Gasteiger partial charge in [-0.25, -0.2) is 4.98 Å². The maximum Gasteiger partial charge on any atom is 0.177 e. The highest BCUT2D eigenvalue weighted by atomic mass is 32.2. The molecule has 4 N–H and O–H groups in total. The number of aromatic nitrogens is 3. The highest BCUT2D eigenvalue weighted by Crippen LogP contribution is 2.29. The third-order valence-electron chi connectivity index (χ3n) is 4.79. The third-order valence-corrected chi connectivity index (χ3v) is 5.50. The molecule has 150 valence electrons. The number of rotatable bonds is 7. The van der Waals surface area contributed by atoms with Crippen LogP contribution in [0.2, 0.25) is 0 Å². The van der Waals surface area contributed by atoms with Gasteiger partial charge >= 0.3 is 0 Å². The number of hydrogen-bond donors (Lipinski definition) is 3. The Morgan fingerprint density at radius 1 is 1.41 bits per heavy atom. The summed E-state index contributed by atoms with van der Waals surface area (Å²) in [5, 5.41) is 20.4. The lowest BCUT2D eigenvalue weighted by atomic mass is 10.0. The summed E-state index contributed by atoms with van der Waals surface area (Å²) in [5.41, 5.74) is 9.74. The Kier molecular flexibility index (Phi) is 5.32. The second kappa shape index (κ2) is 7.91. The molecule has 2 unspecified atom stereocenters.